The zero-order valence-corrected chi connectivity index (χ0v) is 17.4. The van der Waals surface area contributed by atoms with Gasteiger partial charge in [-0.2, -0.15) is 5.26 Å². The molecule has 0 saturated heterocycles. The number of ether oxygens (including phenoxy) is 1. The molecule has 1 aromatic carbocycles. The second-order valence-electron chi connectivity index (χ2n) is 7.42. The van der Waals surface area contributed by atoms with Crippen molar-refractivity contribution < 1.29 is 9.53 Å². The number of nitriles is 1. The SMILES string of the molecule is COc1ccc(-c2nnc(SCC(=O)NC(C)(C#N)C3CC3)n2C(C)C)cc1. The number of carbonyl (C=O) groups excluding carboxylic acids is 1. The highest BCUT2D eigenvalue weighted by molar-refractivity contribution is 7.99. The van der Waals surface area contributed by atoms with Crippen LogP contribution < -0.4 is 10.1 Å². The van der Waals surface area contributed by atoms with E-state index in [0.29, 0.717) is 5.16 Å². The van der Waals surface area contributed by atoms with Crippen molar-refractivity contribution in [1.29, 1.82) is 5.26 Å². The zero-order valence-electron chi connectivity index (χ0n) is 16.6. The molecular formula is C20H25N5O2S. The Hall–Kier alpha value is -2.53. The third-order valence-electron chi connectivity index (χ3n) is 4.89. The number of aromatic nitrogens is 3. The Balaban J connectivity index is 1.72. The molecule has 1 saturated carbocycles. The maximum absolute atomic E-state index is 12.4. The minimum Gasteiger partial charge on any atom is -0.497 e. The first kappa shape index (κ1) is 20.2. The fourth-order valence-corrected chi connectivity index (χ4v) is 3.98. The van der Waals surface area contributed by atoms with Gasteiger partial charge in [0, 0.05) is 11.6 Å². The normalized spacial score (nSPS) is 15.7. The predicted octanol–water partition coefficient (Wildman–Crippen LogP) is 3.44. The number of nitrogens with zero attached hydrogens (tertiary/aromatic N) is 4. The quantitative estimate of drug-likeness (QED) is 0.684. The summed E-state index contributed by atoms with van der Waals surface area (Å²) in [6, 6.07) is 10.0. The standard InChI is InChI=1S/C20H25N5O2S/c1-13(2)25-18(14-5-9-16(27-4)10-6-14)23-24-19(25)28-11-17(26)22-20(3,12-21)15-7-8-15/h5-6,9-10,13,15H,7-8,11H2,1-4H3,(H,22,26). The Morgan fingerprint density at radius 1 is 1.39 bits per heavy atom. The van der Waals surface area contributed by atoms with Crippen molar-refractivity contribution >= 4 is 17.7 Å². The predicted molar refractivity (Wildman–Crippen MR) is 108 cm³/mol. The van der Waals surface area contributed by atoms with E-state index in [0.717, 1.165) is 30.0 Å². The first-order valence-electron chi connectivity index (χ1n) is 9.32. The van der Waals surface area contributed by atoms with E-state index in [9.17, 15) is 10.1 Å². The molecule has 1 aliphatic carbocycles. The molecule has 0 bridgehead atoms. The number of rotatable bonds is 8. The van der Waals surface area contributed by atoms with Gasteiger partial charge in [-0.1, -0.05) is 11.8 Å². The molecule has 0 radical (unpaired) electrons. The lowest BCUT2D eigenvalue weighted by molar-refractivity contribution is -0.119. The van der Waals surface area contributed by atoms with Gasteiger partial charge < -0.3 is 10.1 Å². The van der Waals surface area contributed by atoms with Crippen molar-refractivity contribution in [2.24, 2.45) is 5.92 Å². The summed E-state index contributed by atoms with van der Waals surface area (Å²) in [4.78, 5) is 12.4. The first-order valence-corrected chi connectivity index (χ1v) is 10.3. The van der Waals surface area contributed by atoms with Gasteiger partial charge in [-0.15, -0.1) is 10.2 Å². The Labute approximate surface area is 169 Å². The van der Waals surface area contributed by atoms with Crippen molar-refractivity contribution in [2.45, 2.75) is 50.4 Å². The van der Waals surface area contributed by atoms with Crippen LogP contribution in [0.1, 0.15) is 39.7 Å². The van der Waals surface area contributed by atoms with Crippen LogP contribution >= 0.6 is 11.8 Å². The largest absolute Gasteiger partial charge is 0.497 e. The molecule has 2 aromatic rings. The number of hydrogen-bond donors (Lipinski definition) is 1. The lowest BCUT2D eigenvalue weighted by Gasteiger charge is -2.22. The molecule has 0 aliphatic heterocycles. The Morgan fingerprint density at radius 3 is 2.61 bits per heavy atom. The minimum atomic E-state index is -0.780. The van der Waals surface area contributed by atoms with Crippen molar-refractivity contribution in [3.05, 3.63) is 24.3 Å². The van der Waals surface area contributed by atoms with Crippen LogP contribution in [0.2, 0.25) is 0 Å². The summed E-state index contributed by atoms with van der Waals surface area (Å²) < 4.78 is 7.23. The van der Waals surface area contributed by atoms with Gasteiger partial charge in [0.25, 0.3) is 0 Å². The highest BCUT2D eigenvalue weighted by Gasteiger charge is 2.43. The monoisotopic (exact) mass is 399 g/mol. The topological polar surface area (TPSA) is 92.8 Å². The maximum atomic E-state index is 12.4. The molecule has 1 aliphatic rings. The molecule has 3 rings (SSSR count). The van der Waals surface area contributed by atoms with Gasteiger partial charge in [0.15, 0.2) is 11.0 Å². The highest BCUT2D eigenvalue weighted by Crippen LogP contribution is 2.39. The molecule has 1 aromatic heterocycles. The third kappa shape index (κ3) is 4.30. The molecule has 1 fully saturated rings. The van der Waals surface area contributed by atoms with Crippen LogP contribution in [0.25, 0.3) is 11.4 Å². The molecule has 1 amide bonds. The van der Waals surface area contributed by atoms with Gasteiger partial charge in [0.05, 0.1) is 18.9 Å². The number of thioether (sulfide) groups is 1. The third-order valence-corrected chi connectivity index (χ3v) is 5.83. The van der Waals surface area contributed by atoms with Gasteiger partial charge in [-0.05, 0) is 63.8 Å². The highest BCUT2D eigenvalue weighted by atomic mass is 32.2. The van der Waals surface area contributed by atoms with Crippen molar-refractivity contribution in [2.75, 3.05) is 12.9 Å². The van der Waals surface area contributed by atoms with Crippen LogP contribution in [-0.2, 0) is 4.79 Å². The van der Waals surface area contributed by atoms with Crippen LogP contribution in [0.3, 0.4) is 0 Å². The van der Waals surface area contributed by atoms with E-state index in [1.807, 2.05) is 28.8 Å². The van der Waals surface area contributed by atoms with Gasteiger partial charge in [0.1, 0.15) is 11.3 Å². The number of nitrogens with one attached hydrogen (secondary N) is 1. The molecule has 1 atom stereocenters. The average molecular weight is 400 g/mol. The molecule has 0 spiro atoms. The van der Waals surface area contributed by atoms with Crippen molar-refractivity contribution in [3.63, 3.8) is 0 Å². The lowest BCUT2D eigenvalue weighted by atomic mass is 9.98. The van der Waals surface area contributed by atoms with Gasteiger partial charge in [-0.25, -0.2) is 0 Å². The van der Waals surface area contributed by atoms with E-state index in [1.165, 1.54) is 11.8 Å². The Kier molecular flexibility index (Phi) is 5.94. The lowest BCUT2D eigenvalue weighted by Crippen LogP contribution is -2.47. The number of carbonyl (C=O) groups is 1. The van der Waals surface area contributed by atoms with Crippen molar-refractivity contribution in [1.82, 2.24) is 20.1 Å². The molecule has 8 heteroatoms. The summed E-state index contributed by atoms with van der Waals surface area (Å²) in [5.41, 5.74) is 0.154. The number of benzene rings is 1. The zero-order chi connectivity index (χ0) is 20.3. The summed E-state index contributed by atoms with van der Waals surface area (Å²) in [7, 11) is 1.63. The van der Waals surface area contributed by atoms with Gasteiger partial charge in [0.2, 0.25) is 5.91 Å². The van der Waals surface area contributed by atoms with Crippen LogP contribution in [0, 0.1) is 17.2 Å². The van der Waals surface area contributed by atoms with Gasteiger partial charge >= 0.3 is 0 Å². The Morgan fingerprint density at radius 2 is 2.07 bits per heavy atom. The number of methoxy groups -OCH3 is 1. The van der Waals surface area contributed by atoms with Crippen LogP contribution in [0.15, 0.2) is 29.4 Å². The minimum absolute atomic E-state index is 0.133. The first-order chi connectivity index (χ1) is 13.4. The van der Waals surface area contributed by atoms with Crippen LogP contribution in [-0.4, -0.2) is 39.1 Å². The van der Waals surface area contributed by atoms with Crippen LogP contribution in [0.4, 0.5) is 0 Å². The average Bonchev–Trinajstić information content (AvgIpc) is 3.46. The maximum Gasteiger partial charge on any atom is 0.231 e. The van der Waals surface area contributed by atoms with E-state index >= 15 is 0 Å². The van der Waals surface area contributed by atoms with E-state index in [-0.39, 0.29) is 23.6 Å². The molecule has 28 heavy (non-hydrogen) atoms. The van der Waals surface area contributed by atoms with E-state index in [1.54, 1.807) is 14.0 Å². The molecule has 1 N–H and O–H groups in total. The molecule has 1 heterocycles. The summed E-state index contributed by atoms with van der Waals surface area (Å²) >= 11 is 1.33. The summed E-state index contributed by atoms with van der Waals surface area (Å²) in [5.74, 6) is 1.82. The Bertz CT molecular complexity index is 883. The van der Waals surface area contributed by atoms with E-state index < -0.39 is 5.54 Å². The summed E-state index contributed by atoms with van der Waals surface area (Å²) in [5, 5.41) is 21.6. The molecule has 7 nitrogen and oxygen atoms in total. The second-order valence-corrected chi connectivity index (χ2v) is 8.37. The van der Waals surface area contributed by atoms with Gasteiger partial charge in [-0.3, -0.25) is 9.36 Å². The molecule has 1 unspecified atom stereocenters. The van der Waals surface area contributed by atoms with E-state index in [2.05, 4.69) is 35.4 Å². The summed E-state index contributed by atoms with van der Waals surface area (Å²) in [6.07, 6.45) is 1.98. The fourth-order valence-electron chi connectivity index (χ4n) is 3.12. The molecule has 148 valence electrons. The van der Waals surface area contributed by atoms with Crippen LogP contribution in [0.5, 0.6) is 5.75 Å². The number of hydrogen-bond acceptors (Lipinski definition) is 6. The number of amides is 1. The summed E-state index contributed by atoms with van der Waals surface area (Å²) in [6.45, 7) is 5.91. The fraction of sp³-hybridized carbons (Fsp3) is 0.500. The van der Waals surface area contributed by atoms with Crippen molar-refractivity contribution in [3.8, 4) is 23.2 Å². The second kappa shape index (κ2) is 8.23. The molecular weight excluding hydrogens is 374 g/mol. The smallest absolute Gasteiger partial charge is 0.231 e. The van der Waals surface area contributed by atoms with E-state index in [4.69, 9.17) is 4.74 Å².